The topological polar surface area (TPSA) is 58.9 Å². The van der Waals surface area contributed by atoms with Gasteiger partial charge in [0.2, 0.25) is 5.78 Å². The summed E-state index contributed by atoms with van der Waals surface area (Å²) in [5, 5.41) is 10.8. The van der Waals surface area contributed by atoms with Gasteiger partial charge in [-0.15, -0.1) is 0 Å². The molecule has 1 N–H and O–H groups in total. The van der Waals surface area contributed by atoms with Crippen LogP contribution in [0.4, 0.5) is 0 Å². The van der Waals surface area contributed by atoms with Crippen molar-refractivity contribution in [2.45, 2.75) is 6.92 Å². The van der Waals surface area contributed by atoms with Gasteiger partial charge in [-0.05, 0) is 24.3 Å². The Labute approximate surface area is 87.2 Å². The van der Waals surface area contributed by atoms with Crippen molar-refractivity contribution in [1.82, 2.24) is 0 Å². The molecule has 0 radical (unpaired) electrons. The van der Waals surface area contributed by atoms with E-state index in [9.17, 15) is 4.79 Å². The Kier molecular flexibility index (Phi) is 3.92. The summed E-state index contributed by atoms with van der Waals surface area (Å²) in [6.45, 7) is 1.66. The van der Waals surface area contributed by atoms with Crippen molar-refractivity contribution in [2.24, 2.45) is 5.16 Å². The number of Topliss-reactive ketones (excluding diaryl/α,β-unsaturated/α-hetero) is 1. The number of ether oxygens (including phenoxy) is 1. The summed E-state index contributed by atoms with van der Waals surface area (Å²) in [5.74, 6) is 2.77. The van der Waals surface area contributed by atoms with Crippen molar-refractivity contribution in [3.05, 3.63) is 29.8 Å². The van der Waals surface area contributed by atoms with Crippen molar-refractivity contribution in [1.29, 1.82) is 0 Å². The molecular weight excluding hydrogens is 194 g/mol. The minimum Gasteiger partial charge on any atom is -0.411 e. The molecule has 1 rings (SSSR count). The van der Waals surface area contributed by atoms with E-state index < -0.39 is 0 Å². The van der Waals surface area contributed by atoms with Crippen LogP contribution in [-0.4, -0.2) is 17.2 Å². The van der Waals surface area contributed by atoms with Crippen LogP contribution in [0.2, 0.25) is 0 Å². The first-order valence-electron chi connectivity index (χ1n) is 4.18. The maximum Gasteiger partial charge on any atom is 0.207 e. The van der Waals surface area contributed by atoms with E-state index in [0.29, 0.717) is 11.3 Å². The van der Waals surface area contributed by atoms with E-state index >= 15 is 0 Å². The number of nitrogens with zero attached hydrogens (tertiary/aromatic N) is 1. The zero-order valence-electron chi connectivity index (χ0n) is 8.10. The smallest absolute Gasteiger partial charge is 0.207 e. The van der Waals surface area contributed by atoms with E-state index in [0.717, 1.165) is 6.21 Å². The minimum atomic E-state index is -0.370. The highest BCUT2D eigenvalue weighted by atomic mass is 16.5. The molecule has 0 fully saturated rings. The zero-order chi connectivity index (χ0) is 11.1. The van der Waals surface area contributed by atoms with E-state index in [-0.39, 0.29) is 5.78 Å². The lowest BCUT2D eigenvalue weighted by Crippen LogP contribution is -1.99. The van der Waals surface area contributed by atoms with Gasteiger partial charge in [-0.25, -0.2) is 0 Å². The van der Waals surface area contributed by atoms with Gasteiger partial charge in [-0.3, -0.25) is 4.79 Å². The highest BCUT2D eigenvalue weighted by Crippen LogP contribution is 2.11. The molecule has 0 unspecified atom stereocenters. The fraction of sp³-hybridized carbons (Fsp3) is 0.0909. The van der Waals surface area contributed by atoms with Crippen molar-refractivity contribution in [3.63, 3.8) is 0 Å². The molecule has 0 bridgehead atoms. The first-order valence-corrected chi connectivity index (χ1v) is 4.18. The van der Waals surface area contributed by atoms with Gasteiger partial charge in [-0.1, -0.05) is 11.1 Å². The van der Waals surface area contributed by atoms with Gasteiger partial charge in [0, 0.05) is 12.5 Å². The molecular formula is C11H9NO3. The summed E-state index contributed by atoms with van der Waals surface area (Å²) in [4.78, 5) is 11.2. The quantitative estimate of drug-likeness (QED) is 0.267. The highest BCUT2D eigenvalue weighted by molar-refractivity contribution is 6.35. The lowest BCUT2D eigenvalue weighted by molar-refractivity contribution is 0.106. The molecule has 0 atom stereocenters. The van der Waals surface area contributed by atoms with Crippen LogP contribution < -0.4 is 4.74 Å². The molecule has 0 heterocycles. The molecule has 15 heavy (non-hydrogen) atoms. The zero-order valence-corrected chi connectivity index (χ0v) is 8.10. The molecule has 4 heteroatoms. The number of hydrogen-bond donors (Lipinski definition) is 1. The number of hydrogen-bond acceptors (Lipinski definition) is 4. The molecule has 0 aliphatic carbocycles. The van der Waals surface area contributed by atoms with Crippen molar-refractivity contribution >= 4 is 12.0 Å². The molecule has 0 aliphatic heterocycles. The third-order valence-corrected chi connectivity index (χ3v) is 1.58. The Morgan fingerprint density at radius 1 is 1.47 bits per heavy atom. The van der Waals surface area contributed by atoms with Crippen molar-refractivity contribution in [3.8, 4) is 17.8 Å². The minimum absolute atomic E-state index is 0.370. The molecule has 0 amide bonds. The van der Waals surface area contributed by atoms with Gasteiger partial charge < -0.3 is 9.94 Å². The fourth-order valence-corrected chi connectivity index (χ4v) is 0.924. The Hall–Kier alpha value is -2.28. The molecule has 0 saturated heterocycles. The second-order valence-electron chi connectivity index (χ2n) is 2.59. The van der Waals surface area contributed by atoms with E-state index in [4.69, 9.17) is 9.94 Å². The molecule has 1 aromatic rings. The number of carbonyl (C=O) groups is 1. The Morgan fingerprint density at radius 2 is 2.13 bits per heavy atom. The summed E-state index contributed by atoms with van der Waals surface area (Å²) in [6, 6.07) is 6.36. The molecule has 4 nitrogen and oxygen atoms in total. The fourth-order valence-electron chi connectivity index (χ4n) is 0.924. The lowest BCUT2D eigenvalue weighted by atomic mass is 10.1. The first-order chi connectivity index (χ1) is 7.27. The van der Waals surface area contributed by atoms with Crippen LogP contribution >= 0.6 is 0 Å². The third kappa shape index (κ3) is 3.16. The van der Waals surface area contributed by atoms with Crippen LogP contribution in [0.25, 0.3) is 0 Å². The van der Waals surface area contributed by atoms with Crippen molar-refractivity contribution < 1.29 is 14.7 Å². The van der Waals surface area contributed by atoms with Gasteiger partial charge in [-0.2, -0.15) is 0 Å². The van der Waals surface area contributed by atoms with Crippen LogP contribution in [0, 0.1) is 12.0 Å². The Balaban J connectivity index is 2.79. The largest absolute Gasteiger partial charge is 0.411 e. The number of benzene rings is 1. The maximum absolute atomic E-state index is 11.2. The van der Waals surface area contributed by atoms with Gasteiger partial charge >= 0.3 is 0 Å². The molecule has 1 aromatic carbocycles. The number of ketones is 1. The van der Waals surface area contributed by atoms with E-state index in [1.807, 2.05) is 0 Å². The molecule has 0 spiro atoms. The summed E-state index contributed by atoms with van der Waals surface area (Å²) in [7, 11) is 0. The average molecular weight is 203 g/mol. The molecule has 0 saturated carbocycles. The van der Waals surface area contributed by atoms with Gasteiger partial charge in [0.15, 0.2) is 0 Å². The van der Waals surface area contributed by atoms with Gasteiger partial charge in [0.1, 0.15) is 18.1 Å². The highest BCUT2D eigenvalue weighted by Gasteiger charge is 2.02. The predicted octanol–water partition coefficient (Wildman–Crippen LogP) is 1.69. The predicted molar refractivity (Wildman–Crippen MR) is 55.1 cm³/mol. The van der Waals surface area contributed by atoms with Crippen molar-refractivity contribution in [2.75, 3.05) is 0 Å². The Bertz CT molecular complexity index is 423. The van der Waals surface area contributed by atoms with Gasteiger partial charge in [0.25, 0.3) is 0 Å². The van der Waals surface area contributed by atoms with Crippen LogP contribution in [0.5, 0.6) is 5.75 Å². The number of rotatable bonds is 3. The molecule has 0 aromatic heterocycles. The maximum atomic E-state index is 11.2. The van der Waals surface area contributed by atoms with Crippen LogP contribution in [-0.2, 0) is 0 Å². The first kappa shape index (κ1) is 10.8. The lowest BCUT2D eigenvalue weighted by Gasteiger charge is -1.97. The number of oxime groups is 1. The summed E-state index contributed by atoms with van der Waals surface area (Å²) in [6.07, 6.45) is 3.27. The second-order valence-corrected chi connectivity index (χ2v) is 2.59. The normalized spacial score (nSPS) is 9.40. The van der Waals surface area contributed by atoms with Crippen LogP contribution in [0.3, 0.4) is 0 Å². The summed E-state index contributed by atoms with van der Waals surface area (Å²) < 4.78 is 4.99. The molecule has 76 valence electrons. The van der Waals surface area contributed by atoms with Gasteiger partial charge in [0.05, 0.1) is 0 Å². The number of carbonyl (C=O) groups excluding carboxylic acids is 1. The van der Waals surface area contributed by atoms with Crippen LogP contribution in [0.15, 0.2) is 29.4 Å². The summed E-state index contributed by atoms with van der Waals surface area (Å²) >= 11 is 0. The Morgan fingerprint density at radius 3 is 2.67 bits per heavy atom. The monoisotopic (exact) mass is 203 g/mol. The summed E-state index contributed by atoms with van der Waals surface area (Å²) in [5.41, 5.74) is 0.421. The van der Waals surface area contributed by atoms with E-state index in [1.165, 1.54) is 0 Å². The van der Waals surface area contributed by atoms with E-state index in [2.05, 4.69) is 17.2 Å². The van der Waals surface area contributed by atoms with E-state index in [1.54, 1.807) is 31.2 Å². The SMILES string of the molecule is CC#COc1ccc(C(=O)C=NO)cc1. The standard InChI is InChI=1S/C11H9NO3/c1-2-7-15-10-5-3-9(4-6-10)11(13)8-12-14/h3-6,8,14H,1H3. The molecule has 0 aliphatic rings. The third-order valence-electron chi connectivity index (χ3n) is 1.58. The average Bonchev–Trinajstić information content (AvgIpc) is 2.27. The van der Waals surface area contributed by atoms with Crippen LogP contribution in [0.1, 0.15) is 17.3 Å². The second kappa shape index (κ2) is 5.45.